The second-order valence-corrected chi connectivity index (χ2v) is 5.34. The van der Waals surface area contributed by atoms with Gasteiger partial charge in [0.1, 0.15) is 5.82 Å². The average Bonchev–Trinajstić information content (AvgIpc) is 2.64. The summed E-state index contributed by atoms with van der Waals surface area (Å²) in [5.74, 6) is -0.707. The lowest BCUT2D eigenvalue weighted by atomic mass is 10.2. The molecule has 0 fully saturated rings. The van der Waals surface area contributed by atoms with Crippen LogP contribution in [0, 0.1) is 5.82 Å². The first kappa shape index (κ1) is 19.2. The third kappa shape index (κ3) is 4.95. The van der Waals surface area contributed by atoms with E-state index in [1.165, 1.54) is 50.4 Å². The van der Waals surface area contributed by atoms with Gasteiger partial charge in [0.15, 0.2) is 17.6 Å². The Hall–Kier alpha value is -3.09. The first-order chi connectivity index (χ1) is 12.4. The first-order valence-corrected chi connectivity index (χ1v) is 8.02. The number of carbonyl (C=O) groups is 2. The highest BCUT2D eigenvalue weighted by molar-refractivity contribution is 5.97. The van der Waals surface area contributed by atoms with Crippen LogP contribution in [0.25, 0.3) is 0 Å². The molecule has 0 unspecified atom stereocenters. The summed E-state index contributed by atoms with van der Waals surface area (Å²) in [6, 6.07) is 9.88. The van der Waals surface area contributed by atoms with Crippen LogP contribution in [0.4, 0.5) is 10.1 Å². The van der Waals surface area contributed by atoms with E-state index in [-0.39, 0.29) is 5.56 Å². The third-order valence-corrected chi connectivity index (χ3v) is 3.46. The molecule has 0 bridgehead atoms. The van der Waals surface area contributed by atoms with Gasteiger partial charge in [0.25, 0.3) is 5.91 Å². The third-order valence-electron chi connectivity index (χ3n) is 3.46. The van der Waals surface area contributed by atoms with Gasteiger partial charge in [-0.2, -0.15) is 0 Å². The van der Waals surface area contributed by atoms with Crippen LogP contribution in [0.5, 0.6) is 11.5 Å². The number of amides is 1. The van der Waals surface area contributed by atoms with Gasteiger partial charge in [0.2, 0.25) is 0 Å². The van der Waals surface area contributed by atoms with Crippen LogP contribution in [0.3, 0.4) is 0 Å². The Bertz CT molecular complexity index is 776. The average molecular weight is 361 g/mol. The Morgan fingerprint density at radius 3 is 2.42 bits per heavy atom. The number of rotatable bonds is 7. The van der Waals surface area contributed by atoms with Crippen molar-refractivity contribution in [1.82, 2.24) is 0 Å². The van der Waals surface area contributed by atoms with Crippen molar-refractivity contribution in [2.24, 2.45) is 0 Å². The van der Waals surface area contributed by atoms with Crippen molar-refractivity contribution in [3.8, 4) is 11.5 Å². The minimum absolute atomic E-state index is 0.228. The first-order valence-electron chi connectivity index (χ1n) is 8.02. The van der Waals surface area contributed by atoms with E-state index in [2.05, 4.69) is 5.32 Å². The summed E-state index contributed by atoms with van der Waals surface area (Å²) in [5.41, 5.74) is 0.633. The zero-order valence-corrected chi connectivity index (χ0v) is 14.7. The molecule has 0 aliphatic heterocycles. The zero-order chi connectivity index (χ0) is 19.1. The standard InChI is InChI=1S/C19H20FNO5/c1-4-25-16-10-5-13(11-17(16)24-3)19(23)26-12(2)18(22)21-15-8-6-14(20)7-9-15/h5-12H,4H2,1-3H3,(H,21,22)/t12-/m1/s1. The number of benzene rings is 2. The molecular weight excluding hydrogens is 341 g/mol. The largest absolute Gasteiger partial charge is 0.493 e. The highest BCUT2D eigenvalue weighted by Crippen LogP contribution is 2.28. The minimum atomic E-state index is -1.04. The van der Waals surface area contributed by atoms with Crippen molar-refractivity contribution in [2.75, 3.05) is 19.0 Å². The van der Waals surface area contributed by atoms with E-state index in [0.717, 1.165) is 0 Å². The quantitative estimate of drug-likeness (QED) is 0.765. The van der Waals surface area contributed by atoms with Crippen LogP contribution in [0.15, 0.2) is 42.5 Å². The number of ether oxygens (including phenoxy) is 3. The molecule has 0 aliphatic rings. The van der Waals surface area contributed by atoms with E-state index >= 15 is 0 Å². The molecule has 0 spiro atoms. The van der Waals surface area contributed by atoms with E-state index in [4.69, 9.17) is 14.2 Å². The van der Waals surface area contributed by atoms with Gasteiger partial charge in [-0.1, -0.05) is 0 Å². The van der Waals surface area contributed by atoms with Gasteiger partial charge in [0, 0.05) is 5.69 Å². The van der Waals surface area contributed by atoms with E-state index in [9.17, 15) is 14.0 Å². The fraction of sp³-hybridized carbons (Fsp3) is 0.263. The molecule has 0 radical (unpaired) electrons. The second kappa shape index (κ2) is 8.84. The van der Waals surface area contributed by atoms with E-state index < -0.39 is 23.8 Å². The van der Waals surface area contributed by atoms with Crippen LogP contribution in [-0.2, 0) is 9.53 Å². The highest BCUT2D eigenvalue weighted by Gasteiger charge is 2.20. The van der Waals surface area contributed by atoms with Gasteiger partial charge in [-0.15, -0.1) is 0 Å². The van der Waals surface area contributed by atoms with E-state index in [1.54, 1.807) is 6.07 Å². The lowest BCUT2D eigenvalue weighted by Gasteiger charge is -2.15. The Labute approximate surface area is 150 Å². The molecule has 2 rings (SSSR count). The highest BCUT2D eigenvalue weighted by atomic mass is 19.1. The minimum Gasteiger partial charge on any atom is -0.493 e. The van der Waals surface area contributed by atoms with Crippen LogP contribution in [0.2, 0.25) is 0 Å². The number of nitrogens with one attached hydrogen (secondary N) is 1. The predicted octanol–water partition coefficient (Wildman–Crippen LogP) is 3.42. The van der Waals surface area contributed by atoms with Crippen molar-refractivity contribution in [3.05, 3.63) is 53.8 Å². The molecule has 6 nitrogen and oxygen atoms in total. The maximum Gasteiger partial charge on any atom is 0.339 e. The summed E-state index contributed by atoms with van der Waals surface area (Å²) in [6.07, 6.45) is -1.04. The lowest BCUT2D eigenvalue weighted by Crippen LogP contribution is -2.30. The Morgan fingerprint density at radius 2 is 1.81 bits per heavy atom. The number of methoxy groups -OCH3 is 1. The van der Waals surface area contributed by atoms with Crippen LogP contribution >= 0.6 is 0 Å². The number of hydrogen-bond acceptors (Lipinski definition) is 5. The normalized spacial score (nSPS) is 11.4. The number of halogens is 1. The predicted molar refractivity (Wildman–Crippen MR) is 94.1 cm³/mol. The SMILES string of the molecule is CCOc1ccc(C(=O)O[C@H](C)C(=O)Nc2ccc(F)cc2)cc1OC. The number of anilines is 1. The maximum absolute atomic E-state index is 12.9. The topological polar surface area (TPSA) is 73.9 Å². The summed E-state index contributed by atoms with van der Waals surface area (Å²) in [5, 5.41) is 2.55. The molecule has 1 atom stereocenters. The van der Waals surface area contributed by atoms with Gasteiger partial charge >= 0.3 is 5.97 Å². The molecule has 1 amide bonds. The molecule has 138 valence electrons. The molecule has 0 heterocycles. The fourth-order valence-corrected chi connectivity index (χ4v) is 2.13. The van der Waals surface area contributed by atoms with Crippen molar-refractivity contribution < 1.29 is 28.2 Å². The van der Waals surface area contributed by atoms with Crippen LogP contribution < -0.4 is 14.8 Å². The van der Waals surface area contributed by atoms with Gasteiger partial charge in [-0.05, 0) is 56.3 Å². The summed E-state index contributed by atoms with van der Waals surface area (Å²) in [6.45, 7) is 3.74. The number of esters is 1. The fourth-order valence-electron chi connectivity index (χ4n) is 2.13. The maximum atomic E-state index is 12.9. The Morgan fingerprint density at radius 1 is 1.12 bits per heavy atom. The lowest BCUT2D eigenvalue weighted by molar-refractivity contribution is -0.123. The Kier molecular flexibility index (Phi) is 6.54. The summed E-state index contributed by atoms with van der Waals surface area (Å²) in [4.78, 5) is 24.3. The zero-order valence-electron chi connectivity index (χ0n) is 14.7. The molecule has 0 aliphatic carbocycles. The number of hydrogen-bond donors (Lipinski definition) is 1. The van der Waals surface area contributed by atoms with E-state index in [0.29, 0.717) is 23.8 Å². The summed E-state index contributed by atoms with van der Waals surface area (Å²) < 4.78 is 28.6. The smallest absolute Gasteiger partial charge is 0.339 e. The molecular formula is C19H20FNO5. The van der Waals surface area contributed by atoms with Crippen LogP contribution in [-0.4, -0.2) is 31.7 Å². The molecule has 0 aromatic heterocycles. The van der Waals surface area contributed by atoms with Gasteiger partial charge in [0.05, 0.1) is 19.3 Å². The van der Waals surface area contributed by atoms with Crippen molar-refractivity contribution >= 4 is 17.6 Å². The number of carbonyl (C=O) groups excluding carboxylic acids is 2. The molecule has 2 aromatic rings. The molecule has 2 aromatic carbocycles. The molecule has 26 heavy (non-hydrogen) atoms. The van der Waals surface area contributed by atoms with Crippen molar-refractivity contribution in [3.63, 3.8) is 0 Å². The molecule has 0 saturated heterocycles. The molecule has 7 heteroatoms. The van der Waals surface area contributed by atoms with Gasteiger partial charge in [-0.25, -0.2) is 9.18 Å². The molecule has 1 N–H and O–H groups in total. The van der Waals surface area contributed by atoms with Crippen LogP contribution in [0.1, 0.15) is 24.2 Å². The molecule has 0 saturated carbocycles. The van der Waals surface area contributed by atoms with Gasteiger partial charge < -0.3 is 19.5 Å². The monoisotopic (exact) mass is 361 g/mol. The van der Waals surface area contributed by atoms with Gasteiger partial charge in [-0.3, -0.25) is 4.79 Å². The Balaban J connectivity index is 2.01. The van der Waals surface area contributed by atoms with Crippen molar-refractivity contribution in [1.29, 1.82) is 0 Å². The van der Waals surface area contributed by atoms with Crippen molar-refractivity contribution in [2.45, 2.75) is 20.0 Å². The van der Waals surface area contributed by atoms with E-state index in [1.807, 2.05) is 6.92 Å². The second-order valence-electron chi connectivity index (χ2n) is 5.34. The summed E-state index contributed by atoms with van der Waals surface area (Å²) >= 11 is 0. The summed E-state index contributed by atoms with van der Waals surface area (Å²) in [7, 11) is 1.46.